The summed E-state index contributed by atoms with van der Waals surface area (Å²) in [5.41, 5.74) is 0.292. The summed E-state index contributed by atoms with van der Waals surface area (Å²) in [5.74, 6) is -0.236. The van der Waals surface area contributed by atoms with Gasteiger partial charge in [-0.3, -0.25) is 4.79 Å². The fourth-order valence-electron chi connectivity index (χ4n) is 4.07. The van der Waals surface area contributed by atoms with Crippen LogP contribution in [0, 0.1) is 0 Å². The van der Waals surface area contributed by atoms with E-state index >= 15 is 0 Å². The maximum absolute atomic E-state index is 13.1. The molecule has 2 aliphatic rings. The number of morpholine rings is 1. The topological polar surface area (TPSA) is 84.9 Å². The molecule has 3 rings (SSSR count). The van der Waals surface area contributed by atoms with E-state index in [0.717, 1.165) is 5.56 Å². The van der Waals surface area contributed by atoms with Crippen LogP contribution in [0.3, 0.4) is 0 Å². The van der Waals surface area contributed by atoms with Gasteiger partial charge in [-0.2, -0.15) is 4.31 Å². The van der Waals surface area contributed by atoms with Crippen LogP contribution in [0.2, 0.25) is 0 Å². The molecule has 1 aromatic rings. The molecule has 0 radical (unpaired) electrons. The second kappa shape index (κ2) is 8.90. The number of nitrogens with zero attached hydrogens (tertiary/aromatic N) is 1. The van der Waals surface area contributed by atoms with Crippen molar-refractivity contribution < 1.29 is 22.7 Å². The Morgan fingerprint density at radius 2 is 1.75 bits per heavy atom. The standard InChI is InChI=1S/C20H30N2O5S/c1-16-14-22(15-17(2)27-16)28(24,25)13-10-21-19(23)20(8-11-26-12-9-20)18-6-4-3-5-7-18/h3-7,16-17H,8-15H2,1-2H3,(H,21,23). The molecule has 1 N–H and O–H groups in total. The van der Waals surface area contributed by atoms with Crippen molar-refractivity contribution in [2.45, 2.75) is 44.3 Å². The molecule has 2 fully saturated rings. The van der Waals surface area contributed by atoms with Gasteiger partial charge in [-0.25, -0.2) is 8.42 Å². The zero-order chi connectivity index (χ0) is 20.2. The summed E-state index contributed by atoms with van der Waals surface area (Å²) in [4.78, 5) is 13.1. The molecular weight excluding hydrogens is 380 g/mol. The monoisotopic (exact) mass is 410 g/mol. The predicted molar refractivity (Wildman–Crippen MR) is 107 cm³/mol. The van der Waals surface area contributed by atoms with Crippen LogP contribution in [0.15, 0.2) is 30.3 Å². The molecule has 0 spiro atoms. The Morgan fingerprint density at radius 3 is 2.36 bits per heavy atom. The van der Waals surface area contributed by atoms with E-state index in [1.807, 2.05) is 44.2 Å². The highest BCUT2D eigenvalue weighted by molar-refractivity contribution is 7.89. The van der Waals surface area contributed by atoms with Gasteiger partial charge in [0, 0.05) is 32.8 Å². The maximum atomic E-state index is 13.1. The number of ether oxygens (including phenoxy) is 2. The minimum absolute atomic E-state index is 0.0940. The summed E-state index contributed by atoms with van der Waals surface area (Å²) >= 11 is 0. The molecule has 0 aliphatic carbocycles. The maximum Gasteiger partial charge on any atom is 0.230 e. The summed E-state index contributed by atoms with van der Waals surface area (Å²) in [5, 5.41) is 2.88. The molecule has 0 saturated carbocycles. The normalized spacial score (nSPS) is 25.9. The van der Waals surface area contributed by atoms with E-state index in [1.54, 1.807) is 0 Å². The largest absolute Gasteiger partial charge is 0.381 e. The Labute approximate surface area is 167 Å². The Kier molecular flexibility index (Phi) is 6.75. The third-order valence-electron chi connectivity index (χ3n) is 5.53. The van der Waals surface area contributed by atoms with Gasteiger partial charge in [0.15, 0.2) is 0 Å². The van der Waals surface area contributed by atoms with Gasteiger partial charge in [-0.05, 0) is 32.3 Å². The molecule has 1 amide bonds. The second-order valence-electron chi connectivity index (χ2n) is 7.71. The lowest BCUT2D eigenvalue weighted by molar-refractivity contribution is -0.130. The number of hydrogen-bond acceptors (Lipinski definition) is 5. The van der Waals surface area contributed by atoms with Crippen molar-refractivity contribution in [3.8, 4) is 0 Å². The average Bonchev–Trinajstić information content (AvgIpc) is 2.68. The highest BCUT2D eigenvalue weighted by atomic mass is 32.2. The Morgan fingerprint density at radius 1 is 1.14 bits per heavy atom. The van der Waals surface area contributed by atoms with Crippen molar-refractivity contribution in [2.24, 2.45) is 0 Å². The smallest absolute Gasteiger partial charge is 0.230 e. The first-order valence-corrected chi connectivity index (χ1v) is 11.5. The Bertz CT molecular complexity index is 752. The number of hydrogen-bond donors (Lipinski definition) is 1. The van der Waals surface area contributed by atoms with Gasteiger partial charge in [0.1, 0.15) is 0 Å². The van der Waals surface area contributed by atoms with Crippen molar-refractivity contribution in [2.75, 3.05) is 38.6 Å². The molecule has 8 heteroatoms. The fraction of sp³-hybridized carbons (Fsp3) is 0.650. The SMILES string of the molecule is CC1CN(S(=O)(=O)CCNC(=O)C2(c3ccccc3)CCOCC2)CC(C)O1. The number of benzene rings is 1. The van der Waals surface area contributed by atoms with Gasteiger partial charge in [-0.15, -0.1) is 0 Å². The molecular formula is C20H30N2O5S. The third kappa shape index (κ3) is 4.74. The molecule has 2 aliphatic heterocycles. The fourth-order valence-corrected chi connectivity index (χ4v) is 5.57. The second-order valence-corrected chi connectivity index (χ2v) is 9.80. The van der Waals surface area contributed by atoms with Crippen LogP contribution < -0.4 is 5.32 Å². The lowest BCUT2D eigenvalue weighted by atomic mass is 9.73. The van der Waals surface area contributed by atoms with Crippen molar-refractivity contribution in [1.29, 1.82) is 0 Å². The van der Waals surface area contributed by atoms with E-state index < -0.39 is 15.4 Å². The number of carbonyl (C=O) groups is 1. The molecule has 2 unspecified atom stereocenters. The zero-order valence-electron chi connectivity index (χ0n) is 16.6. The molecule has 2 heterocycles. The summed E-state index contributed by atoms with van der Waals surface area (Å²) in [7, 11) is -3.45. The molecule has 2 atom stereocenters. The quantitative estimate of drug-likeness (QED) is 0.764. The van der Waals surface area contributed by atoms with Gasteiger partial charge in [0.2, 0.25) is 15.9 Å². The number of rotatable bonds is 6. The van der Waals surface area contributed by atoms with Crippen LogP contribution in [-0.2, 0) is 29.7 Å². The van der Waals surface area contributed by atoms with Gasteiger partial charge in [0.25, 0.3) is 0 Å². The van der Waals surface area contributed by atoms with Crippen LogP contribution in [0.25, 0.3) is 0 Å². The van der Waals surface area contributed by atoms with Crippen molar-refractivity contribution >= 4 is 15.9 Å². The van der Waals surface area contributed by atoms with E-state index in [1.165, 1.54) is 4.31 Å². The van der Waals surface area contributed by atoms with Gasteiger partial charge in [0.05, 0.1) is 23.4 Å². The highest BCUT2D eigenvalue weighted by Crippen LogP contribution is 2.35. The van der Waals surface area contributed by atoms with E-state index in [0.29, 0.717) is 39.1 Å². The Hall–Kier alpha value is -1.48. The summed E-state index contributed by atoms with van der Waals surface area (Å²) in [6.07, 6.45) is 0.927. The lowest BCUT2D eigenvalue weighted by Gasteiger charge is -2.36. The van der Waals surface area contributed by atoms with Crippen LogP contribution in [-0.4, -0.2) is 69.4 Å². The van der Waals surface area contributed by atoms with Crippen LogP contribution in [0.5, 0.6) is 0 Å². The molecule has 2 saturated heterocycles. The van der Waals surface area contributed by atoms with E-state index in [2.05, 4.69) is 5.32 Å². The zero-order valence-corrected chi connectivity index (χ0v) is 17.4. The first-order chi connectivity index (χ1) is 13.3. The minimum atomic E-state index is -3.45. The van der Waals surface area contributed by atoms with E-state index in [9.17, 15) is 13.2 Å². The average molecular weight is 411 g/mol. The van der Waals surface area contributed by atoms with Crippen LogP contribution in [0.4, 0.5) is 0 Å². The van der Waals surface area contributed by atoms with E-state index in [4.69, 9.17) is 9.47 Å². The van der Waals surface area contributed by atoms with Gasteiger partial charge < -0.3 is 14.8 Å². The lowest BCUT2D eigenvalue weighted by Crippen LogP contribution is -2.51. The first kappa shape index (κ1) is 21.2. The van der Waals surface area contributed by atoms with Gasteiger partial charge >= 0.3 is 0 Å². The molecule has 0 bridgehead atoms. The summed E-state index contributed by atoms with van der Waals surface area (Å²) in [6, 6.07) is 9.68. The van der Waals surface area contributed by atoms with Crippen LogP contribution >= 0.6 is 0 Å². The number of sulfonamides is 1. The third-order valence-corrected chi connectivity index (χ3v) is 7.34. The predicted octanol–water partition coefficient (Wildman–Crippen LogP) is 1.29. The van der Waals surface area contributed by atoms with Crippen molar-refractivity contribution in [1.82, 2.24) is 9.62 Å². The number of amides is 1. The molecule has 28 heavy (non-hydrogen) atoms. The summed E-state index contributed by atoms with van der Waals surface area (Å²) in [6.45, 7) is 5.58. The summed E-state index contributed by atoms with van der Waals surface area (Å²) < 4.78 is 37.9. The minimum Gasteiger partial charge on any atom is -0.381 e. The van der Waals surface area contributed by atoms with Crippen LogP contribution in [0.1, 0.15) is 32.3 Å². The van der Waals surface area contributed by atoms with Gasteiger partial charge in [-0.1, -0.05) is 30.3 Å². The van der Waals surface area contributed by atoms with E-state index in [-0.39, 0.29) is 30.4 Å². The first-order valence-electron chi connectivity index (χ1n) is 9.88. The highest BCUT2D eigenvalue weighted by Gasteiger charge is 2.41. The Balaban J connectivity index is 1.63. The molecule has 7 nitrogen and oxygen atoms in total. The number of carbonyl (C=O) groups excluding carboxylic acids is 1. The van der Waals surface area contributed by atoms with Crippen molar-refractivity contribution in [3.05, 3.63) is 35.9 Å². The van der Waals surface area contributed by atoms with Crippen molar-refractivity contribution in [3.63, 3.8) is 0 Å². The molecule has 0 aromatic heterocycles. The number of nitrogens with one attached hydrogen (secondary N) is 1. The molecule has 156 valence electrons. The molecule has 1 aromatic carbocycles.